The van der Waals surface area contributed by atoms with E-state index >= 15 is 0 Å². The minimum absolute atomic E-state index is 0.0832. The lowest BCUT2D eigenvalue weighted by Gasteiger charge is -2.09. The van der Waals surface area contributed by atoms with Crippen molar-refractivity contribution >= 4 is 28.6 Å². The molecule has 3 aromatic heterocycles. The van der Waals surface area contributed by atoms with Gasteiger partial charge in [0.2, 0.25) is 0 Å². The van der Waals surface area contributed by atoms with Gasteiger partial charge in [-0.2, -0.15) is 5.10 Å². The number of aromatic amines is 1. The summed E-state index contributed by atoms with van der Waals surface area (Å²) in [5.41, 5.74) is 5.72. The van der Waals surface area contributed by atoms with Gasteiger partial charge in [-0.15, -0.1) is 0 Å². The molecule has 0 saturated heterocycles. The van der Waals surface area contributed by atoms with Crippen LogP contribution in [0.2, 0.25) is 0 Å². The molecule has 4 rings (SSSR count). The molecular weight excluding hydrogens is 396 g/mol. The summed E-state index contributed by atoms with van der Waals surface area (Å²) in [4.78, 5) is 13.7. The topological polar surface area (TPSA) is 99.6 Å². The highest BCUT2D eigenvalue weighted by Crippen LogP contribution is 2.28. The van der Waals surface area contributed by atoms with Gasteiger partial charge >= 0.3 is 0 Å². The van der Waals surface area contributed by atoms with Gasteiger partial charge in [-0.25, -0.2) is 9.97 Å². The summed E-state index contributed by atoms with van der Waals surface area (Å²) in [5, 5.41) is 20.7. The Morgan fingerprint density at radius 2 is 1.90 bits per heavy atom. The van der Waals surface area contributed by atoms with Crippen LogP contribution in [0.25, 0.3) is 22.3 Å². The second-order valence-electron chi connectivity index (χ2n) is 7.18. The van der Waals surface area contributed by atoms with Crippen molar-refractivity contribution < 1.29 is 5.11 Å². The Labute approximate surface area is 179 Å². The number of aliphatic hydroxyl groups is 1. The molecule has 3 N–H and O–H groups in total. The largest absolute Gasteiger partial charge is 0.396 e. The van der Waals surface area contributed by atoms with Crippen molar-refractivity contribution in [3.05, 3.63) is 59.9 Å². The van der Waals surface area contributed by atoms with Gasteiger partial charge in [0.1, 0.15) is 5.52 Å². The smallest absolute Gasteiger partial charge is 0.190 e. The Kier molecular flexibility index (Phi) is 6.25. The van der Waals surface area contributed by atoms with Gasteiger partial charge in [0.05, 0.1) is 18.0 Å². The quantitative estimate of drug-likeness (QED) is 0.290. The highest BCUT2D eigenvalue weighted by Gasteiger charge is 2.17. The lowest BCUT2D eigenvalue weighted by molar-refractivity contribution is 0.322. The molecule has 1 aromatic carbocycles. The lowest BCUT2D eigenvalue weighted by atomic mass is 10.1. The number of nitrogens with one attached hydrogen (secondary N) is 2. The maximum atomic E-state index is 9.15. The zero-order valence-corrected chi connectivity index (χ0v) is 17.8. The van der Waals surface area contributed by atoms with Crippen LogP contribution < -0.4 is 5.32 Å². The zero-order chi connectivity index (χ0) is 20.9. The van der Waals surface area contributed by atoms with Crippen molar-refractivity contribution in [3.63, 3.8) is 0 Å². The number of nitrogens with zero attached hydrogens (tertiary/aromatic N) is 4. The highest BCUT2D eigenvalue weighted by molar-refractivity contribution is 7.99. The van der Waals surface area contributed by atoms with E-state index in [0.29, 0.717) is 23.3 Å². The van der Waals surface area contributed by atoms with Crippen molar-refractivity contribution in [3.8, 4) is 11.3 Å². The van der Waals surface area contributed by atoms with E-state index in [9.17, 15) is 0 Å². The number of rotatable bonds is 8. The minimum atomic E-state index is 0.0832. The van der Waals surface area contributed by atoms with Crippen LogP contribution in [0.4, 0.5) is 5.82 Å². The van der Waals surface area contributed by atoms with Crippen LogP contribution in [0.3, 0.4) is 0 Å². The Hall–Kier alpha value is -2.97. The summed E-state index contributed by atoms with van der Waals surface area (Å²) in [7, 11) is 0. The zero-order valence-electron chi connectivity index (χ0n) is 17.0. The van der Waals surface area contributed by atoms with E-state index in [2.05, 4.69) is 68.6 Å². The predicted octanol–water partition coefficient (Wildman–Crippen LogP) is 4.23. The molecule has 30 heavy (non-hydrogen) atoms. The Morgan fingerprint density at radius 1 is 1.07 bits per heavy atom. The number of aromatic nitrogens is 5. The third-order valence-electron chi connectivity index (χ3n) is 4.68. The Morgan fingerprint density at radius 3 is 2.60 bits per heavy atom. The third-order valence-corrected chi connectivity index (χ3v) is 5.51. The molecule has 0 amide bonds. The first-order valence-corrected chi connectivity index (χ1v) is 10.9. The van der Waals surface area contributed by atoms with Crippen LogP contribution in [0.15, 0.2) is 53.8 Å². The van der Waals surface area contributed by atoms with Crippen molar-refractivity contribution in [2.24, 2.45) is 0 Å². The van der Waals surface area contributed by atoms with Gasteiger partial charge in [0.15, 0.2) is 16.5 Å². The molecule has 0 saturated carbocycles. The van der Waals surface area contributed by atoms with Crippen molar-refractivity contribution in [1.82, 2.24) is 25.1 Å². The molecular formula is C22H24N6OS. The summed E-state index contributed by atoms with van der Waals surface area (Å²) in [6.07, 6.45) is 1.80. The first kappa shape index (κ1) is 20.3. The van der Waals surface area contributed by atoms with Crippen molar-refractivity contribution in [1.29, 1.82) is 0 Å². The monoisotopic (exact) mass is 420 g/mol. The Bertz CT molecular complexity index is 1110. The SMILES string of the molecule is CC(C)c1[nH]nc2c(NCc3ccc(-c4ccccn4)cc3)nc(SCCO)nc12. The molecule has 0 spiro atoms. The summed E-state index contributed by atoms with van der Waals surface area (Å²) in [5.74, 6) is 1.51. The van der Waals surface area contributed by atoms with E-state index in [-0.39, 0.29) is 12.5 Å². The number of aliphatic hydroxyl groups excluding tert-OH is 1. The van der Waals surface area contributed by atoms with E-state index in [4.69, 9.17) is 5.11 Å². The highest BCUT2D eigenvalue weighted by atomic mass is 32.2. The minimum Gasteiger partial charge on any atom is -0.396 e. The number of hydrogen-bond donors (Lipinski definition) is 3. The summed E-state index contributed by atoms with van der Waals surface area (Å²) >= 11 is 1.43. The maximum Gasteiger partial charge on any atom is 0.190 e. The van der Waals surface area contributed by atoms with Gasteiger partial charge in [-0.3, -0.25) is 10.1 Å². The second-order valence-corrected chi connectivity index (χ2v) is 8.24. The number of benzene rings is 1. The predicted molar refractivity (Wildman–Crippen MR) is 121 cm³/mol. The van der Waals surface area contributed by atoms with E-state index in [1.54, 1.807) is 6.20 Å². The molecule has 0 aliphatic rings. The standard InChI is InChI=1S/C22H24N6OS/c1-14(2)18-19-20(28-27-18)21(26-22(25-19)30-12-11-29)24-13-15-6-8-16(9-7-15)17-5-3-4-10-23-17/h3-10,14,29H,11-13H2,1-2H3,(H,27,28)(H,24,25,26). The fraction of sp³-hybridized carbons (Fsp3) is 0.273. The number of fused-ring (bicyclic) bond motifs is 1. The summed E-state index contributed by atoms with van der Waals surface area (Å²) in [6.45, 7) is 4.90. The summed E-state index contributed by atoms with van der Waals surface area (Å²) in [6, 6.07) is 14.2. The van der Waals surface area contributed by atoms with Crippen molar-refractivity contribution in [2.75, 3.05) is 17.7 Å². The fourth-order valence-corrected chi connectivity index (χ4v) is 3.72. The first-order valence-electron chi connectivity index (χ1n) is 9.89. The van der Waals surface area contributed by atoms with E-state index in [0.717, 1.165) is 33.5 Å². The van der Waals surface area contributed by atoms with E-state index in [1.165, 1.54) is 11.8 Å². The number of pyridine rings is 1. The molecule has 4 aromatic rings. The third kappa shape index (κ3) is 4.44. The molecule has 154 valence electrons. The van der Waals surface area contributed by atoms with Gasteiger partial charge in [0.25, 0.3) is 0 Å². The normalized spacial score (nSPS) is 11.3. The van der Waals surface area contributed by atoms with Crippen LogP contribution in [-0.4, -0.2) is 42.6 Å². The van der Waals surface area contributed by atoms with E-state index in [1.807, 2.05) is 18.2 Å². The van der Waals surface area contributed by atoms with Crippen LogP contribution >= 0.6 is 11.8 Å². The number of anilines is 1. The van der Waals surface area contributed by atoms with Crippen LogP contribution in [0.1, 0.15) is 31.0 Å². The van der Waals surface area contributed by atoms with Crippen molar-refractivity contribution in [2.45, 2.75) is 31.5 Å². The fourth-order valence-electron chi connectivity index (χ4n) is 3.14. The molecule has 0 atom stereocenters. The molecule has 3 heterocycles. The van der Waals surface area contributed by atoms with Gasteiger partial charge in [-0.1, -0.05) is 55.9 Å². The number of hydrogen-bond acceptors (Lipinski definition) is 7. The van der Waals surface area contributed by atoms with Gasteiger partial charge < -0.3 is 10.4 Å². The molecule has 0 aliphatic carbocycles. The molecule has 0 aliphatic heterocycles. The Balaban J connectivity index is 1.57. The average Bonchev–Trinajstić information content (AvgIpc) is 3.21. The maximum absolute atomic E-state index is 9.15. The second kappa shape index (κ2) is 9.23. The molecule has 0 fully saturated rings. The lowest BCUT2D eigenvalue weighted by Crippen LogP contribution is -2.04. The molecule has 0 radical (unpaired) electrons. The summed E-state index contributed by atoms with van der Waals surface area (Å²) < 4.78 is 0. The first-order chi connectivity index (χ1) is 14.7. The molecule has 8 heteroatoms. The van der Waals surface area contributed by atoms with Crippen LogP contribution in [0.5, 0.6) is 0 Å². The van der Waals surface area contributed by atoms with Gasteiger partial charge in [-0.05, 0) is 23.6 Å². The average molecular weight is 421 g/mol. The molecule has 7 nitrogen and oxygen atoms in total. The van der Waals surface area contributed by atoms with Crippen LogP contribution in [-0.2, 0) is 6.54 Å². The van der Waals surface area contributed by atoms with Crippen LogP contribution in [0, 0.1) is 0 Å². The molecule has 0 bridgehead atoms. The number of thioether (sulfide) groups is 1. The number of H-pyrrole nitrogens is 1. The van der Waals surface area contributed by atoms with Gasteiger partial charge in [0, 0.05) is 24.1 Å². The molecule has 0 unspecified atom stereocenters. The van der Waals surface area contributed by atoms with E-state index < -0.39 is 0 Å².